The van der Waals surface area contributed by atoms with Crippen molar-refractivity contribution in [3.63, 3.8) is 0 Å². The van der Waals surface area contributed by atoms with Crippen LogP contribution in [0.5, 0.6) is 0 Å². The molecule has 9 heteroatoms. The normalized spacial score (nSPS) is 10.3. The Morgan fingerprint density at radius 3 is 2.32 bits per heavy atom. The molecule has 2 N–H and O–H groups in total. The van der Waals surface area contributed by atoms with Gasteiger partial charge in [0.1, 0.15) is 0 Å². The van der Waals surface area contributed by atoms with Crippen LogP contribution in [-0.2, 0) is 4.79 Å². The fourth-order valence-corrected chi connectivity index (χ4v) is 3.13. The predicted molar refractivity (Wildman–Crippen MR) is 105 cm³/mol. The van der Waals surface area contributed by atoms with E-state index >= 15 is 0 Å². The first-order valence-electron chi connectivity index (χ1n) is 8.23. The minimum Gasteiger partial charge on any atom is -0.323 e. The molecule has 2 aromatic carbocycles. The number of para-hydroxylation sites is 1. The zero-order valence-electron chi connectivity index (χ0n) is 14.6. The highest BCUT2D eigenvalue weighted by atomic mass is 32.2. The number of hydrogen-bond acceptors (Lipinski definition) is 5. The molecule has 0 unspecified atom stereocenters. The highest BCUT2D eigenvalue weighted by molar-refractivity contribution is 8.00. The average Bonchev–Trinajstić information content (AvgIpc) is 3.25. The van der Waals surface area contributed by atoms with Crippen LogP contribution in [0.4, 0.5) is 5.69 Å². The molecule has 1 aromatic heterocycles. The van der Waals surface area contributed by atoms with Crippen molar-refractivity contribution in [3.05, 3.63) is 88.7 Å². The lowest BCUT2D eigenvalue weighted by molar-refractivity contribution is -0.384. The van der Waals surface area contributed by atoms with Gasteiger partial charge >= 0.3 is 0 Å². The van der Waals surface area contributed by atoms with E-state index in [0.29, 0.717) is 16.1 Å². The molecule has 3 rings (SSSR count). The van der Waals surface area contributed by atoms with Gasteiger partial charge in [-0.15, -0.1) is 11.8 Å². The topological polar surface area (TPSA) is 106 Å². The van der Waals surface area contributed by atoms with E-state index in [0.717, 1.165) is 0 Å². The standard InChI is InChI=1S/C19H16N4O4S/c24-18(13-28-15-9-7-14(8-10-15)23(26)27)20-21-19(25)16-5-1-2-6-17(16)22-11-3-4-12-22/h1-12H,13H2,(H,20,24)(H,21,25). The van der Waals surface area contributed by atoms with Crippen molar-refractivity contribution in [1.82, 2.24) is 15.4 Å². The highest BCUT2D eigenvalue weighted by Crippen LogP contribution is 2.21. The van der Waals surface area contributed by atoms with E-state index in [4.69, 9.17) is 0 Å². The van der Waals surface area contributed by atoms with Crippen LogP contribution in [0.3, 0.4) is 0 Å². The van der Waals surface area contributed by atoms with E-state index in [1.54, 1.807) is 34.9 Å². The minimum absolute atomic E-state index is 0.0116. The number of amides is 2. The molecule has 2 amide bonds. The van der Waals surface area contributed by atoms with Crippen LogP contribution in [0.1, 0.15) is 10.4 Å². The molecule has 142 valence electrons. The Morgan fingerprint density at radius 1 is 0.964 bits per heavy atom. The quantitative estimate of drug-likeness (QED) is 0.379. The summed E-state index contributed by atoms with van der Waals surface area (Å²) in [4.78, 5) is 35.3. The van der Waals surface area contributed by atoms with Gasteiger partial charge in [0.15, 0.2) is 0 Å². The summed E-state index contributed by atoms with van der Waals surface area (Å²) in [5.74, 6) is -0.773. The number of nitro groups is 1. The van der Waals surface area contributed by atoms with Gasteiger partial charge in [0.25, 0.3) is 11.6 Å². The van der Waals surface area contributed by atoms with Crippen LogP contribution in [0.15, 0.2) is 78.0 Å². The number of nitrogens with one attached hydrogen (secondary N) is 2. The van der Waals surface area contributed by atoms with E-state index in [1.807, 2.05) is 30.6 Å². The van der Waals surface area contributed by atoms with Crippen LogP contribution in [0.2, 0.25) is 0 Å². The number of thioether (sulfide) groups is 1. The van der Waals surface area contributed by atoms with Crippen LogP contribution in [0.25, 0.3) is 5.69 Å². The lowest BCUT2D eigenvalue weighted by Crippen LogP contribution is -2.42. The molecule has 1 heterocycles. The van der Waals surface area contributed by atoms with Crippen molar-refractivity contribution in [1.29, 1.82) is 0 Å². The van der Waals surface area contributed by atoms with E-state index in [9.17, 15) is 19.7 Å². The SMILES string of the molecule is O=C(CSc1ccc([N+](=O)[O-])cc1)NNC(=O)c1ccccc1-n1cccc1. The van der Waals surface area contributed by atoms with Crippen molar-refractivity contribution in [2.45, 2.75) is 4.90 Å². The average molecular weight is 396 g/mol. The Hall–Kier alpha value is -3.59. The van der Waals surface area contributed by atoms with Crippen molar-refractivity contribution >= 4 is 29.3 Å². The summed E-state index contributed by atoms with van der Waals surface area (Å²) in [5, 5.41) is 10.6. The van der Waals surface area contributed by atoms with Crippen LogP contribution in [0, 0.1) is 10.1 Å². The molecule has 0 atom stereocenters. The van der Waals surface area contributed by atoms with Gasteiger partial charge in [-0.25, -0.2) is 0 Å². The van der Waals surface area contributed by atoms with Gasteiger partial charge in [0.2, 0.25) is 5.91 Å². The summed E-state index contributed by atoms with van der Waals surface area (Å²) in [6.45, 7) is 0. The lowest BCUT2D eigenvalue weighted by Gasteiger charge is -2.11. The second-order valence-corrected chi connectivity index (χ2v) is 6.70. The molecule has 3 aromatic rings. The second kappa shape index (κ2) is 8.87. The van der Waals surface area contributed by atoms with Crippen LogP contribution >= 0.6 is 11.8 Å². The molecular weight excluding hydrogens is 380 g/mol. The summed E-state index contributed by atoms with van der Waals surface area (Å²) < 4.78 is 1.81. The first-order chi connectivity index (χ1) is 13.5. The lowest BCUT2D eigenvalue weighted by atomic mass is 10.1. The largest absolute Gasteiger partial charge is 0.323 e. The third-order valence-corrected chi connectivity index (χ3v) is 4.78. The number of non-ortho nitro benzene ring substituents is 1. The third-order valence-electron chi connectivity index (χ3n) is 3.76. The zero-order chi connectivity index (χ0) is 19.9. The van der Waals surface area contributed by atoms with Gasteiger partial charge in [-0.2, -0.15) is 0 Å². The fraction of sp³-hybridized carbons (Fsp3) is 0.0526. The Balaban J connectivity index is 1.54. The molecule has 0 bridgehead atoms. The van der Waals surface area contributed by atoms with Gasteiger partial charge in [-0.1, -0.05) is 12.1 Å². The summed E-state index contributed by atoms with van der Waals surface area (Å²) in [6, 6.07) is 16.6. The fourth-order valence-electron chi connectivity index (χ4n) is 2.43. The number of carbonyl (C=O) groups is 2. The number of benzene rings is 2. The van der Waals surface area contributed by atoms with Crippen LogP contribution in [-0.4, -0.2) is 27.1 Å². The maximum Gasteiger partial charge on any atom is 0.271 e. The molecule has 0 radical (unpaired) electrons. The van der Waals surface area contributed by atoms with Gasteiger partial charge in [0.05, 0.1) is 21.9 Å². The second-order valence-electron chi connectivity index (χ2n) is 5.65. The van der Waals surface area contributed by atoms with E-state index in [1.165, 1.54) is 23.9 Å². The Kier molecular flexibility index (Phi) is 6.07. The number of nitrogens with zero attached hydrogens (tertiary/aromatic N) is 2. The van der Waals surface area contributed by atoms with E-state index in [2.05, 4.69) is 10.9 Å². The monoisotopic (exact) mass is 396 g/mol. The Bertz CT molecular complexity index is 987. The van der Waals surface area contributed by atoms with Gasteiger partial charge in [0, 0.05) is 29.4 Å². The number of hydrogen-bond donors (Lipinski definition) is 2. The maximum atomic E-state index is 12.4. The van der Waals surface area contributed by atoms with Crippen LogP contribution < -0.4 is 10.9 Å². The Labute approximate surface area is 164 Å². The van der Waals surface area contributed by atoms with Crippen molar-refractivity contribution in [2.24, 2.45) is 0 Å². The smallest absolute Gasteiger partial charge is 0.271 e. The summed E-state index contributed by atoms with van der Waals surface area (Å²) in [5.41, 5.74) is 5.88. The molecule has 0 spiro atoms. The molecule has 0 aliphatic carbocycles. The zero-order valence-corrected chi connectivity index (χ0v) is 15.4. The molecular formula is C19H16N4O4S. The predicted octanol–water partition coefficient (Wildman–Crippen LogP) is 2.94. The van der Waals surface area contributed by atoms with E-state index in [-0.39, 0.29) is 11.4 Å². The van der Waals surface area contributed by atoms with E-state index < -0.39 is 16.7 Å². The minimum atomic E-state index is -0.484. The number of hydrazine groups is 1. The molecule has 0 fully saturated rings. The number of nitro benzene ring substituents is 1. The molecule has 0 saturated heterocycles. The molecule has 28 heavy (non-hydrogen) atoms. The maximum absolute atomic E-state index is 12.4. The number of rotatable bonds is 6. The Morgan fingerprint density at radius 2 is 1.64 bits per heavy atom. The van der Waals surface area contributed by atoms with Gasteiger partial charge < -0.3 is 4.57 Å². The van der Waals surface area contributed by atoms with Gasteiger partial charge in [-0.05, 0) is 36.4 Å². The highest BCUT2D eigenvalue weighted by Gasteiger charge is 2.13. The number of aromatic nitrogens is 1. The van der Waals surface area contributed by atoms with Crippen molar-refractivity contribution in [3.8, 4) is 5.69 Å². The molecule has 0 aliphatic heterocycles. The molecule has 0 saturated carbocycles. The molecule has 8 nitrogen and oxygen atoms in total. The number of carbonyl (C=O) groups excluding carboxylic acids is 2. The first-order valence-corrected chi connectivity index (χ1v) is 9.22. The first kappa shape index (κ1) is 19.2. The summed E-state index contributed by atoms with van der Waals surface area (Å²) >= 11 is 1.21. The van der Waals surface area contributed by atoms with Gasteiger partial charge in [-0.3, -0.25) is 30.6 Å². The third kappa shape index (κ3) is 4.77. The summed E-state index contributed by atoms with van der Waals surface area (Å²) in [6.07, 6.45) is 3.65. The van der Waals surface area contributed by atoms with Crippen molar-refractivity contribution in [2.75, 3.05) is 5.75 Å². The summed E-state index contributed by atoms with van der Waals surface area (Å²) in [7, 11) is 0. The van der Waals surface area contributed by atoms with Crippen molar-refractivity contribution < 1.29 is 14.5 Å². The molecule has 0 aliphatic rings.